The summed E-state index contributed by atoms with van der Waals surface area (Å²) in [5.74, 6) is 2.84. The van der Waals surface area contributed by atoms with Crippen molar-refractivity contribution >= 4 is 0 Å². The van der Waals surface area contributed by atoms with Crippen LogP contribution in [0.1, 0.15) is 45.5 Å². The van der Waals surface area contributed by atoms with E-state index in [-0.39, 0.29) is 23.6 Å². The number of fused-ring (bicyclic) bond motifs is 6. The summed E-state index contributed by atoms with van der Waals surface area (Å²) in [5.41, 5.74) is 8.16. The van der Waals surface area contributed by atoms with Crippen LogP contribution >= 0.6 is 0 Å². The normalized spacial score (nSPS) is 19.3. The zero-order valence-electron chi connectivity index (χ0n) is 26.5. The van der Waals surface area contributed by atoms with Crippen molar-refractivity contribution in [1.29, 1.82) is 0 Å². The molecule has 8 nitrogen and oxygen atoms in total. The zero-order valence-corrected chi connectivity index (χ0v) is 26.5. The Hall–Kier alpha value is -4.40. The Bertz CT molecular complexity index is 1790. The number of nitrogens with zero attached hydrogens (tertiary/aromatic N) is 2. The predicted molar refractivity (Wildman–Crippen MR) is 173 cm³/mol. The summed E-state index contributed by atoms with van der Waals surface area (Å²) >= 11 is 0. The van der Waals surface area contributed by atoms with Crippen LogP contribution in [0.25, 0.3) is 11.1 Å². The van der Waals surface area contributed by atoms with E-state index in [1.165, 1.54) is 11.1 Å². The molecule has 0 aliphatic carbocycles. The van der Waals surface area contributed by atoms with Crippen molar-refractivity contribution in [3.63, 3.8) is 0 Å². The average molecular weight is 609 g/mol. The Morgan fingerprint density at radius 1 is 0.689 bits per heavy atom. The minimum absolute atomic E-state index is 0.0304. The molecule has 2 atom stereocenters. The largest absolute Gasteiger partial charge is 0.507 e. The van der Waals surface area contributed by atoms with Crippen molar-refractivity contribution < 1.29 is 29.2 Å². The molecule has 6 bridgehead atoms. The van der Waals surface area contributed by atoms with E-state index in [2.05, 4.69) is 54.2 Å². The molecule has 0 amide bonds. The smallest absolute Gasteiger partial charge is 0.201 e. The highest BCUT2D eigenvalue weighted by Gasteiger charge is 2.34. The maximum absolute atomic E-state index is 11.6. The maximum atomic E-state index is 11.6. The van der Waals surface area contributed by atoms with E-state index >= 15 is 0 Å². The Morgan fingerprint density at radius 3 is 2.04 bits per heavy atom. The molecule has 3 aliphatic heterocycles. The lowest BCUT2D eigenvalue weighted by Crippen LogP contribution is -2.34. The standard InChI is InChI=1S/C37H40N2O6/c1-38-12-10-23-18-32(43-4)33-20-25(23)28(38)16-22-7-9-31(42-3)27(15-22)26-14-21(6-8-30(26)40)17-29-35-24(11-13-39(29)2)19-34(44-5)36(41)37(35)45-33/h6-9,14-15,18-20,28-29,40-41H,10-13,16-17H2,1-5H3/t28-,29-/m0/s1. The van der Waals surface area contributed by atoms with Crippen molar-refractivity contribution in [3.05, 3.63) is 88.0 Å². The predicted octanol–water partition coefficient (Wildman–Crippen LogP) is 6.44. The first-order valence-electron chi connectivity index (χ1n) is 15.5. The molecule has 234 valence electrons. The zero-order chi connectivity index (χ0) is 31.4. The topological polar surface area (TPSA) is 83.9 Å². The molecule has 2 N–H and O–H groups in total. The van der Waals surface area contributed by atoms with Crippen LogP contribution in [-0.2, 0) is 25.7 Å². The molecule has 4 aromatic carbocycles. The number of rotatable bonds is 3. The summed E-state index contributed by atoms with van der Waals surface area (Å²) in [5, 5.41) is 22.8. The molecular formula is C37H40N2O6. The molecule has 0 aromatic heterocycles. The van der Waals surface area contributed by atoms with Crippen molar-refractivity contribution in [2.24, 2.45) is 0 Å². The molecule has 8 heteroatoms. The van der Waals surface area contributed by atoms with Gasteiger partial charge in [-0.25, -0.2) is 0 Å². The van der Waals surface area contributed by atoms with Crippen LogP contribution in [-0.4, -0.2) is 68.5 Å². The quantitative estimate of drug-likeness (QED) is 0.275. The van der Waals surface area contributed by atoms with Gasteiger partial charge in [-0.1, -0.05) is 12.1 Å². The summed E-state index contributed by atoms with van der Waals surface area (Å²) in [6, 6.07) is 18.1. The minimum Gasteiger partial charge on any atom is -0.507 e. The molecule has 0 spiro atoms. The second-order valence-electron chi connectivity index (χ2n) is 12.4. The summed E-state index contributed by atoms with van der Waals surface area (Å²) in [6.45, 7) is 1.74. The first kappa shape index (κ1) is 29.3. The second kappa shape index (κ2) is 11.5. The van der Waals surface area contributed by atoms with Crippen LogP contribution in [0.2, 0.25) is 0 Å². The number of methoxy groups -OCH3 is 3. The van der Waals surface area contributed by atoms with Gasteiger partial charge in [-0.05, 0) is 110 Å². The molecule has 0 unspecified atom stereocenters. The maximum Gasteiger partial charge on any atom is 0.201 e. The van der Waals surface area contributed by atoms with Gasteiger partial charge < -0.3 is 29.2 Å². The van der Waals surface area contributed by atoms with E-state index in [0.717, 1.165) is 65.7 Å². The molecule has 0 saturated heterocycles. The van der Waals surface area contributed by atoms with Gasteiger partial charge in [0.2, 0.25) is 5.75 Å². The molecule has 3 aliphatic rings. The molecule has 3 heterocycles. The van der Waals surface area contributed by atoms with Crippen molar-refractivity contribution in [2.45, 2.75) is 37.8 Å². The monoisotopic (exact) mass is 608 g/mol. The average Bonchev–Trinajstić information content (AvgIpc) is 3.05. The lowest BCUT2D eigenvalue weighted by molar-refractivity contribution is 0.220. The summed E-state index contributed by atoms with van der Waals surface area (Å²) < 4.78 is 24.1. The Balaban J connectivity index is 1.51. The molecule has 0 radical (unpaired) electrons. The van der Waals surface area contributed by atoms with Crippen LogP contribution in [0.15, 0.2) is 54.6 Å². The van der Waals surface area contributed by atoms with Crippen LogP contribution in [0.3, 0.4) is 0 Å². The number of hydrogen-bond donors (Lipinski definition) is 2. The fourth-order valence-electron chi connectivity index (χ4n) is 7.37. The van der Waals surface area contributed by atoms with Gasteiger partial charge in [0, 0.05) is 41.9 Å². The molecule has 45 heavy (non-hydrogen) atoms. The van der Waals surface area contributed by atoms with Gasteiger partial charge in [-0.2, -0.15) is 0 Å². The number of benzene rings is 4. The summed E-state index contributed by atoms with van der Waals surface area (Å²) in [6.07, 6.45) is 3.06. The highest BCUT2D eigenvalue weighted by molar-refractivity contribution is 5.77. The number of aromatic hydroxyl groups is 2. The van der Waals surface area contributed by atoms with Gasteiger partial charge in [0.25, 0.3) is 0 Å². The molecular weight excluding hydrogens is 568 g/mol. The molecule has 0 fully saturated rings. The Morgan fingerprint density at radius 2 is 1.31 bits per heavy atom. The fraction of sp³-hybridized carbons (Fsp3) is 0.351. The van der Waals surface area contributed by atoms with Crippen molar-refractivity contribution in [1.82, 2.24) is 9.80 Å². The fourth-order valence-corrected chi connectivity index (χ4v) is 7.37. The third-order valence-corrected chi connectivity index (χ3v) is 9.90. The number of likely N-dealkylation sites (N-methyl/N-ethyl adjacent to an activating group) is 2. The van der Waals surface area contributed by atoms with E-state index in [9.17, 15) is 10.2 Å². The summed E-state index contributed by atoms with van der Waals surface area (Å²) in [4.78, 5) is 4.67. The molecule has 7 rings (SSSR count). The Kier molecular flexibility index (Phi) is 7.50. The van der Waals surface area contributed by atoms with Gasteiger partial charge in [0.05, 0.1) is 21.3 Å². The highest BCUT2D eigenvalue weighted by Crippen LogP contribution is 2.51. The number of phenolic OH excluding ortho intramolecular Hbond substituents is 2. The third-order valence-electron chi connectivity index (χ3n) is 9.90. The second-order valence-corrected chi connectivity index (χ2v) is 12.4. The van der Waals surface area contributed by atoms with E-state index < -0.39 is 0 Å². The highest BCUT2D eigenvalue weighted by atomic mass is 16.5. The van der Waals surface area contributed by atoms with Gasteiger partial charge in [-0.3, -0.25) is 9.80 Å². The lowest BCUT2D eigenvalue weighted by Gasteiger charge is -2.37. The van der Waals surface area contributed by atoms with Crippen LogP contribution < -0.4 is 18.9 Å². The Labute approximate surface area is 264 Å². The van der Waals surface area contributed by atoms with Gasteiger partial charge in [0.1, 0.15) is 11.5 Å². The van der Waals surface area contributed by atoms with E-state index in [1.54, 1.807) is 27.4 Å². The van der Waals surface area contributed by atoms with E-state index in [0.29, 0.717) is 35.2 Å². The number of hydrogen-bond acceptors (Lipinski definition) is 8. The lowest BCUT2D eigenvalue weighted by atomic mass is 9.86. The third kappa shape index (κ3) is 5.02. The molecule has 0 saturated carbocycles. The van der Waals surface area contributed by atoms with Gasteiger partial charge >= 0.3 is 0 Å². The SMILES string of the molecule is COc1cc2c3cc1Oc1c(O)c(OC)cc4c1[C@H](Cc1ccc(O)c(c1)-c1cc(ccc1OC)C[C@@H]3N(C)CC2)N(C)CC4. The van der Waals surface area contributed by atoms with E-state index in [4.69, 9.17) is 18.9 Å². The first-order valence-corrected chi connectivity index (χ1v) is 15.5. The van der Waals surface area contributed by atoms with E-state index in [1.807, 2.05) is 18.2 Å². The van der Waals surface area contributed by atoms with Gasteiger partial charge in [-0.15, -0.1) is 0 Å². The number of phenols is 2. The summed E-state index contributed by atoms with van der Waals surface area (Å²) in [7, 11) is 9.15. The van der Waals surface area contributed by atoms with Crippen LogP contribution in [0.5, 0.6) is 40.2 Å². The molecule has 4 aromatic rings. The van der Waals surface area contributed by atoms with Crippen LogP contribution in [0.4, 0.5) is 0 Å². The van der Waals surface area contributed by atoms with Gasteiger partial charge in [0.15, 0.2) is 23.0 Å². The number of ether oxygens (including phenoxy) is 4. The van der Waals surface area contributed by atoms with Crippen molar-refractivity contribution in [2.75, 3.05) is 48.5 Å². The first-order chi connectivity index (χ1) is 21.8. The minimum atomic E-state index is -0.110. The van der Waals surface area contributed by atoms with Crippen LogP contribution in [0, 0.1) is 0 Å². The van der Waals surface area contributed by atoms with Crippen molar-refractivity contribution in [3.8, 4) is 51.4 Å².